The number of rotatable bonds is 6. The minimum Gasteiger partial charge on any atom is -0.480 e. The van der Waals surface area contributed by atoms with Gasteiger partial charge in [-0.1, -0.05) is 18.2 Å². The molecule has 186 valence electrons. The number of benzene rings is 1. The van der Waals surface area contributed by atoms with Gasteiger partial charge in [0.05, 0.1) is 30.6 Å². The second kappa shape index (κ2) is 9.64. The number of hydrogen-bond donors (Lipinski definition) is 2. The molecule has 3 heterocycles. The number of imidazole rings is 1. The van der Waals surface area contributed by atoms with Gasteiger partial charge in [0.1, 0.15) is 5.56 Å². The number of hydrogen-bond acceptors (Lipinski definition) is 6. The van der Waals surface area contributed by atoms with Crippen LogP contribution in [0.5, 0.6) is 5.88 Å². The van der Waals surface area contributed by atoms with Crippen molar-refractivity contribution in [3.05, 3.63) is 71.5 Å². The Morgan fingerprint density at radius 1 is 1.14 bits per heavy atom. The van der Waals surface area contributed by atoms with E-state index in [2.05, 4.69) is 25.7 Å². The van der Waals surface area contributed by atoms with Gasteiger partial charge in [-0.3, -0.25) is 9.59 Å². The fourth-order valence-electron chi connectivity index (χ4n) is 3.68. The topological polar surface area (TPSA) is 111 Å². The highest BCUT2D eigenvalue weighted by atomic mass is 19.4. The largest absolute Gasteiger partial charge is 0.480 e. The van der Waals surface area contributed by atoms with Crippen LogP contribution < -0.4 is 15.4 Å². The third-order valence-corrected chi connectivity index (χ3v) is 5.29. The fraction of sp³-hybridized carbons (Fsp3) is 0.208. The van der Waals surface area contributed by atoms with Crippen molar-refractivity contribution in [3.63, 3.8) is 0 Å². The molecule has 3 aromatic heterocycles. The van der Waals surface area contributed by atoms with Gasteiger partial charge in [0.25, 0.3) is 5.91 Å². The third-order valence-electron chi connectivity index (χ3n) is 5.29. The zero-order valence-corrected chi connectivity index (χ0v) is 19.4. The van der Waals surface area contributed by atoms with Gasteiger partial charge in [0.2, 0.25) is 11.8 Å². The number of aromatic nitrogens is 4. The van der Waals surface area contributed by atoms with Crippen LogP contribution in [0.15, 0.2) is 54.9 Å². The molecule has 0 saturated heterocycles. The van der Waals surface area contributed by atoms with E-state index in [1.54, 1.807) is 12.1 Å². The number of fused-ring (bicyclic) bond motifs is 1. The van der Waals surface area contributed by atoms with Gasteiger partial charge in [0.15, 0.2) is 11.5 Å². The van der Waals surface area contributed by atoms with Crippen molar-refractivity contribution in [1.29, 1.82) is 0 Å². The molecule has 0 fully saturated rings. The lowest BCUT2D eigenvalue weighted by Crippen LogP contribution is -2.29. The molecule has 0 bridgehead atoms. The predicted molar refractivity (Wildman–Crippen MR) is 124 cm³/mol. The zero-order valence-electron chi connectivity index (χ0n) is 19.4. The first-order valence-corrected chi connectivity index (χ1v) is 10.7. The highest BCUT2D eigenvalue weighted by Crippen LogP contribution is 2.34. The van der Waals surface area contributed by atoms with E-state index in [0.717, 1.165) is 6.07 Å². The van der Waals surface area contributed by atoms with Crippen LogP contribution in [0.1, 0.15) is 41.4 Å². The van der Waals surface area contributed by atoms with Crippen LogP contribution in [0.25, 0.3) is 16.9 Å². The molecule has 0 spiro atoms. The summed E-state index contributed by atoms with van der Waals surface area (Å²) in [5.74, 6) is -0.611. The first-order valence-electron chi connectivity index (χ1n) is 10.7. The Labute approximate surface area is 203 Å². The number of carbonyl (C=O) groups excluding carboxylic acids is 2. The Bertz CT molecular complexity index is 1450. The van der Waals surface area contributed by atoms with Crippen molar-refractivity contribution < 1.29 is 27.5 Å². The molecule has 0 radical (unpaired) electrons. The molecule has 2 N–H and O–H groups in total. The summed E-state index contributed by atoms with van der Waals surface area (Å²) in [6.07, 6.45) is -1.57. The summed E-state index contributed by atoms with van der Waals surface area (Å²) in [4.78, 5) is 32.8. The first-order chi connectivity index (χ1) is 17.1. The van der Waals surface area contributed by atoms with Crippen molar-refractivity contribution >= 4 is 23.3 Å². The van der Waals surface area contributed by atoms with E-state index in [1.807, 2.05) is 0 Å². The lowest BCUT2D eigenvalue weighted by molar-refractivity contribution is -0.138. The Balaban J connectivity index is 1.64. The summed E-state index contributed by atoms with van der Waals surface area (Å²) in [5, 5.41) is 9.61. The molecule has 0 aliphatic rings. The molecule has 0 unspecified atom stereocenters. The lowest BCUT2D eigenvalue weighted by Gasteiger charge is -2.20. The number of methoxy groups -OCH3 is 1. The Morgan fingerprint density at radius 3 is 2.58 bits per heavy atom. The zero-order chi connectivity index (χ0) is 26.0. The number of alkyl halides is 3. The van der Waals surface area contributed by atoms with Crippen LogP contribution in [-0.4, -0.2) is 38.5 Å². The maximum atomic E-state index is 13.4. The molecule has 0 aliphatic carbocycles. The van der Waals surface area contributed by atoms with E-state index in [-0.39, 0.29) is 22.9 Å². The lowest BCUT2D eigenvalue weighted by atomic mass is 10.0. The average Bonchev–Trinajstić information content (AvgIpc) is 3.23. The minimum atomic E-state index is -4.56. The number of carbonyl (C=O) groups is 2. The smallest absolute Gasteiger partial charge is 0.416 e. The van der Waals surface area contributed by atoms with Crippen LogP contribution in [0.3, 0.4) is 0 Å². The Kier molecular flexibility index (Phi) is 6.60. The van der Waals surface area contributed by atoms with E-state index >= 15 is 0 Å². The van der Waals surface area contributed by atoms with E-state index < -0.39 is 23.7 Å². The van der Waals surface area contributed by atoms with Gasteiger partial charge in [0, 0.05) is 18.7 Å². The molecule has 4 aromatic rings. The van der Waals surface area contributed by atoms with Crippen molar-refractivity contribution in [2.45, 2.75) is 26.1 Å². The first kappa shape index (κ1) is 24.6. The summed E-state index contributed by atoms with van der Waals surface area (Å²) < 4.78 is 46.9. The molecule has 4 rings (SSSR count). The predicted octanol–water partition coefficient (Wildman–Crippen LogP) is 4.27. The minimum absolute atomic E-state index is 0.00390. The number of nitrogens with zero attached hydrogens (tertiary/aromatic N) is 4. The molecular formula is C24H21F3N6O3. The van der Waals surface area contributed by atoms with Gasteiger partial charge >= 0.3 is 6.18 Å². The van der Waals surface area contributed by atoms with Crippen molar-refractivity contribution in [2.24, 2.45) is 0 Å². The van der Waals surface area contributed by atoms with Crippen molar-refractivity contribution in [1.82, 2.24) is 24.9 Å². The molecule has 0 aliphatic heterocycles. The average molecular weight is 498 g/mol. The monoisotopic (exact) mass is 498 g/mol. The summed E-state index contributed by atoms with van der Waals surface area (Å²) in [7, 11) is 1.33. The summed E-state index contributed by atoms with van der Waals surface area (Å²) >= 11 is 0. The number of halogens is 3. The molecule has 12 heteroatoms. The van der Waals surface area contributed by atoms with E-state index in [0.29, 0.717) is 22.7 Å². The fourth-order valence-corrected chi connectivity index (χ4v) is 3.68. The number of ether oxygens (including phenoxy) is 1. The highest BCUT2D eigenvalue weighted by Gasteiger charge is 2.34. The van der Waals surface area contributed by atoms with Crippen LogP contribution in [0.4, 0.5) is 19.0 Å². The van der Waals surface area contributed by atoms with Gasteiger partial charge in [-0.15, -0.1) is 0 Å². The van der Waals surface area contributed by atoms with Crippen molar-refractivity contribution in [3.8, 4) is 17.1 Å². The van der Waals surface area contributed by atoms with Gasteiger partial charge in [-0.25, -0.2) is 14.5 Å². The van der Waals surface area contributed by atoms with Gasteiger partial charge < -0.3 is 15.4 Å². The van der Waals surface area contributed by atoms with Crippen LogP contribution in [-0.2, 0) is 11.0 Å². The van der Waals surface area contributed by atoms with Crippen LogP contribution >= 0.6 is 0 Å². The molecule has 36 heavy (non-hydrogen) atoms. The maximum absolute atomic E-state index is 13.4. The standard InChI is InChI=1S/C24H21F3N6O3/c1-13(16-6-4-5-7-18(16)24(25,26)27)29-22(35)17-10-15(11-28-23(17)36-3)19-8-9-21-31-20(30-14(2)34)12-33(21)32-19/h4-13H,1-3H3,(H,29,35)(H,30,34)/t13-/m1/s1. The van der Waals surface area contributed by atoms with Gasteiger partial charge in [-0.2, -0.15) is 18.3 Å². The number of nitrogens with one attached hydrogen (secondary N) is 2. The second-order valence-corrected chi connectivity index (χ2v) is 7.89. The van der Waals surface area contributed by atoms with E-state index in [4.69, 9.17) is 4.74 Å². The molecule has 9 nitrogen and oxygen atoms in total. The molecule has 1 atom stereocenters. The normalized spacial score (nSPS) is 12.3. The molecule has 0 saturated carbocycles. The molecule has 2 amide bonds. The van der Waals surface area contributed by atoms with Crippen molar-refractivity contribution in [2.75, 3.05) is 12.4 Å². The van der Waals surface area contributed by atoms with Gasteiger partial charge in [-0.05, 0) is 36.8 Å². The van der Waals surface area contributed by atoms with Crippen LogP contribution in [0.2, 0.25) is 0 Å². The van der Waals surface area contributed by atoms with Crippen LogP contribution in [0, 0.1) is 0 Å². The third kappa shape index (κ3) is 5.11. The molecule has 1 aromatic carbocycles. The summed E-state index contributed by atoms with van der Waals surface area (Å²) in [5.41, 5.74) is 0.517. The number of amides is 2. The van der Waals surface area contributed by atoms with E-state index in [1.165, 1.54) is 62.1 Å². The summed E-state index contributed by atoms with van der Waals surface area (Å²) in [6, 6.07) is 8.93. The highest BCUT2D eigenvalue weighted by molar-refractivity contribution is 5.97. The summed E-state index contributed by atoms with van der Waals surface area (Å²) in [6.45, 7) is 2.83. The maximum Gasteiger partial charge on any atom is 0.416 e. The van der Waals surface area contributed by atoms with E-state index in [9.17, 15) is 22.8 Å². The second-order valence-electron chi connectivity index (χ2n) is 7.89. The Hall–Kier alpha value is -4.48. The molecular weight excluding hydrogens is 477 g/mol. The number of anilines is 1. The Morgan fingerprint density at radius 2 is 1.89 bits per heavy atom. The quantitative estimate of drug-likeness (QED) is 0.411. The SMILES string of the molecule is COc1ncc(-c2ccc3nc(NC(C)=O)cn3n2)cc1C(=O)N[C@H](C)c1ccccc1C(F)(F)F. The number of pyridine rings is 1.